The summed E-state index contributed by atoms with van der Waals surface area (Å²) in [6.07, 6.45) is 10.2. The Labute approximate surface area is 170 Å². The van der Waals surface area contributed by atoms with Crippen molar-refractivity contribution >= 4 is 0 Å². The fourth-order valence-corrected chi connectivity index (χ4v) is 3.88. The molecular weight excluding hydrogens is 334 g/mol. The summed E-state index contributed by atoms with van der Waals surface area (Å²) in [5, 5.41) is 21.0. The Balaban J connectivity index is 3.92. The predicted molar refractivity (Wildman–Crippen MR) is 119 cm³/mol. The number of aliphatic hydroxyl groups is 2. The Morgan fingerprint density at radius 1 is 0.778 bits per heavy atom. The van der Waals surface area contributed by atoms with Crippen molar-refractivity contribution in [3.8, 4) is 0 Å². The molecule has 0 aliphatic heterocycles. The predicted octanol–water partition coefficient (Wildman–Crippen LogP) is 5.88. The second-order valence-corrected chi connectivity index (χ2v) is 9.72. The number of aliphatic hydroxyl groups excluding tert-OH is 1. The summed E-state index contributed by atoms with van der Waals surface area (Å²) in [7, 11) is 0. The molecule has 0 radical (unpaired) electrons. The average Bonchev–Trinajstić information content (AvgIpc) is 2.58. The fourth-order valence-electron chi connectivity index (χ4n) is 3.88. The lowest BCUT2D eigenvalue weighted by molar-refractivity contribution is -0.0795. The number of rotatable bonds is 17. The van der Waals surface area contributed by atoms with Gasteiger partial charge in [0, 0.05) is 6.54 Å². The minimum absolute atomic E-state index is 0.560. The van der Waals surface area contributed by atoms with Crippen molar-refractivity contribution in [2.24, 2.45) is 17.8 Å². The SMILES string of the molecule is CCN(CC)CC(O)C(C)(O)CCCC(C)CCCC(C)CCCC(C)C. The lowest BCUT2D eigenvalue weighted by Gasteiger charge is -2.33. The van der Waals surface area contributed by atoms with Gasteiger partial charge in [-0.2, -0.15) is 0 Å². The van der Waals surface area contributed by atoms with Crippen LogP contribution in [0, 0.1) is 17.8 Å². The minimum atomic E-state index is -0.979. The third kappa shape index (κ3) is 13.7. The second kappa shape index (κ2) is 14.8. The van der Waals surface area contributed by atoms with Crippen molar-refractivity contribution in [1.82, 2.24) is 4.90 Å². The summed E-state index contributed by atoms with van der Waals surface area (Å²) in [4.78, 5) is 2.17. The van der Waals surface area contributed by atoms with Crippen LogP contribution >= 0.6 is 0 Å². The van der Waals surface area contributed by atoms with Crippen LogP contribution in [0.25, 0.3) is 0 Å². The fraction of sp³-hybridized carbons (Fsp3) is 1.00. The van der Waals surface area contributed by atoms with Crippen LogP contribution in [0.3, 0.4) is 0 Å². The second-order valence-electron chi connectivity index (χ2n) is 9.72. The number of likely N-dealkylation sites (N-methyl/N-ethyl adjacent to an activating group) is 1. The standard InChI is InChI=1S/C24H51NO2/c1-8-25(9-2)19-23(26)24(7,27)18-12-17-22(6)16-11-15-21(5)14-10-13-20(3)4/h20-23,26-27H,8-19H2,1-7H3. The molecule has 0 aliphatic carbocycles. The molecule has 0 fully saturated rings. The molecule has 0 aromatic carbocycles. The molecule has 0 aromatic rings. The highest BCUT2D eigenvalue weighted by Crippen LogP contribution is 2.24. The molecule has 0 rings (SSSR count). The third-order valence-corrected chi connectivity index (χ3v) is 6.30. The van der Waals surface area contributed by atoms with Gasteiger partial charge in [0.2, 0.25) is 0 Å². The van der Waals surface area contributed by atoms with E-state index in [0.29, 0.717) is 18.9 Å². The summed E-state index contributed by atoms with van der Waals surface area (Å²) in [5.41, 5.74) is -0.979. The monoisotopic (exact) mass is 385 g/mol. The maximum Gasteiger partial charge on any atom is 0.0950 e. The van der Waals surface area contributed by atoms with Gasteiger partial charge in [-0.25, -0.2) is 0 Å². The zero-order valence-corrected chi connectivity index (χ0v) is 19.6. The highest BCUT2D eigenvalue weighted by molar-refractivity contribution is 4.84. The first-order chi connectivity index (χ1) is 12.6. The lowest BCUT2D eigenvalue weighted by Crippen LogP contribution is -2.46. The largest absolute Gasteiger partial charge is 0.389 e. The van der Waals surface area contributed by atoms with Crippen molar-refractivity contribution in [3.63, 3.8) is 0 Å². The summed E-state index contributed by atoms with van der Waals surface area (Å²) in [6.45, 7) is 17.7. The molecule has 2 N–H and O–H groups in total. The molecule has 0 saturated heterocycles. The van der Waals surface area contributed by atoms with Gasteiger partial charge in [-0.05, 0) is 44.2 Å². The highest BCUT2D eigenvalue weighted by atomic mass is 16.3. The molecule has 3 heteroatoms. The minimum Gasteiger partial charge on any atom is -0.389 e. The Morgan fingerprint density at radius 2 is 1.22 bits per heavy atom. The molecular formula is C24H51NO2. The van der Waals surface area contributed by atoms with Crippen molar-refractivity contribution in [2.45, 2.75) is 118 Å². The molecule has 0 heterocycles. The van der Waals surface area contributed by atoms with E-state index in [0.717, 1.165) is 37.8 Å². The van der Waals surface area contributed by atoms with Crippen molar-refractivity contribution in [3.05, 3.63) is 0 Å². The van der Waals surface area contributed by atoms with Gasteiger partial charge >= 0.3 is 0 Å². The Hall–Kier alpha value is -0.120. The van der Waals surface area contributed by atoms with E-state index in [1.54, 1.807) is 6.92 Å². The molecule has 164 valence electrons. The Bertz CT molecular complexity index is 339. The number of hydrogen-bond donors (Lipinski definition) is 2. The Morgan fingerprint density at radius 3 is 1.67 bits per heavy atom. The first kappa shape index (κ1) is 26.9. The smallest absolute Gasteiger partial charge is 0.0950 e. The summed E-state index contributed by atoms with van der Waals surface area (Å²) >= 11 is 0. The van der Waals surface area contributed by atoms with Crippen LogP contribution < -0.4 is 0 Å². The van der Waals surface area contributed by atoms with E-state index in [-0.39, 0.29) is 0 Å². The van der Waals surface area contributed by atoms with E-state index in [2.05, 4.69) is 46.4 Å². The van der Waals surface area contributed by atoms with Crippen molar-refractivity contribution in [1.29, 1.82) is 0 Å². The highest BCUT2D eigenvalue weighted by Gasteiger charge is 2.30. The van der Waals surface area contributed by atoms with Gasteiger partial charge in [-0.15, -0.1) is 0 Å². The molecule has 4 atom stereocenters. The molecule has 0 aliphatic rings. The maximum absolute atomic E-state index is 10.6. The molecule has 0 spiro atoms. The zero-order chi connectivity index (χ0) is 20.9. The number of hydrogen-bond acceptors (Lipinski definition) is 3. The summed E-state index contributed by atoms with van der Waals surface area (Å²) in [6, 6.07) is 0. The third-order valence-electron chi connectivity index (χ3n) is 6.30. The van der Waals surface area contributed by atoms with Crippen LogP contribution in [-0.2, 0) is 0 Å². The van der Waals surface area contributed by atoms with Gasteiger partial charge in [-0.3, -0.25) is 0 Å². The van der Waals surface area contributed by atoms with Crippen LogP contribution in [0.1, 0.15) is 106 Å². The molecule has 0 bridgehead atoms. The van der Waals surface area contributed by atoms with E-state index in [4.69, 9.17) is 0 Å². The van der Waals surface area contributed by atoms with Crippen LogP contribution in [0.2, 0.25) is 0 Å². The van der Waals surface area contributed by atoms with Crippen molar-refractivity contribution in [2.75, 3.05) is 19.6 Å². The van der Waals surface area contributed by atoms with Crippen LogP contribution in [0.15, 0.2) is 0 Å². The van der Waals surface area contributed by atoms with E-state index in [9.17, 15) is 10.2 Å². The molecule has 4 unspecified atom stereocenters. The van der Waals surface area contributed by atoms with E-state index in [1.807, 2.05) is 0 Å². The zero-order valence-electron chi connectivity index (χ0n) is 19.6. The van der Waals surface area contributed by atoms with E-state index in [1.165, 1.54) is 38.5 Å². The Kier molecular flexibility index (Phi) is 14.8. The van der Waals surface area contributed by atoms with Crippen LogP contribution in [0.4, 0.5) is 0 Å². The van der Waals surface area contributed by atoms with E-state index < -0.39 is 11.7 Å². The first-order valence-corrected chi connectivity index (χ1v) is 11.7. The van der Waals surface area contributed by atoms with Gasteiger partial charge < -0.3 is 15.1 Å². The number of nitrogens with zero attached hydrogens (tertiary/aromatic N) is 1. The van der Waals surface area contributed by atoms with Crippen LogP contribution in [-0.4, -0.2) is 46.5 Å². The molecule has 3 nitrogen and oxygen atoms in total. The van der Waals surface area contributed by atoms with Gasteiger partial charge in [0.25, 0.3) is 0 Å². The van der Waals surface area contributed by atoms with Gasteiger partial charge in [0.05, 0.1) is 11.7 Å². The summed E-state index contributed by atoms with van der Waals surface area (Å²) < 4.78 is 0. The van der Waals surface area contributed by atoms with Gasteiger partial charge in [-0.1, -0.05) is 92.9 Å². The average molecular weight is 386 g/mol. The summed E-state index contributed by atoms with van der Waals surface area (Å²) in [5.74, 6) is 2.40. The molecule has 0 saturated carbocycles. The van der Waals surface area contributed by atoms with Crippen LogP contribution in [0.5, 0.6) is 0 Å². The molecule has 27 heavy (non-hydrogen) atoms. The molecule has 0 aromatic heterocycles. The first-order valence-electron chi connectivity index (χ1n) is 11.7. The van der Waals surface area contributed by atoms with Gasteiger partial charge in [0.1, 0.15) is 0 Å². The topological polar surface area (TPSA) is 43.7 Å². The van der Waals surface area contributed by atoms with Crippen molar-refractivity contribution < 1.29 is 10.2 Å². The quantitative estimate of drug-likeness (QED) is 0.328. The normalized spacial score (nSPS) is 17.9. The van der Waals surface area contributed by atoms with Gasteiger partial charge in [0.15, 0.2) is 0 Å². The van der Waals surface area contributed by atoms with E-state index >= 15 is 0 Å². The maximum atomic E-state index is 10.6. The molecule has 0 amide bonds. The lowest BCUT2D eigenvalue weighted by atomic mass is 9.88.